The number of hydrogen-bond acceptors (Lipinski definition) is 4. The molecule has 106 valence electrons. The van der Waals surface area contributed by atoms with Crippen LogP contribution in [-0.2, 0) is 5.75 Å². The van der Waals surface area contributed by atoms with E-state index in [1.54, 1.807) is 0 Å². The first-order chi connectivity index (χ1) is 9.29. The highest BCUT2D eigenvalue weighted by molar-refractivity contribution is 7.98. The maximum absolute atomic E-state index is 10.3. The van der Waals surface area contributed by atoms with E-state index in [1.807, 2.05) is 11.8 Å². The zero-order valence-corrected chi connectivity index (χ0v) is 12.2. The first kappa shape index (κ1) is 14.9. The van der Waals surface area contributed by atoms with E-state index in [9.17, 15) is 5.11 Å². The Labute approximate surface area is 120 Å². The summed E-state index contributed by atoms with van der Waals surface area (Å²) in [5.74, 6) is 2.15. The van der Waals surface area contributed by atoms with Crippen LogP contribution in [0.1, 0.15) is 18.4 Å². The minimum atomic E-state index is -0.539. The number of rotatable bonds is 7. The van der Waals surface area contributed by atoms with Crippen molar-refractivity contribution in [2.75, 3.05) is 31.9 Å². The summed E-state index contributed by atoms with van der Waals surface area (Å²) < 4.78 is 0. The van der Waals surface area contributed by atoms with Crippen LogP contribution in [0.5, 0.6) is 0 Å². The van der Waals surface area contributed by atoms with Crippen LogP contribution >= 0.6 is 11.8 Å². The maximum atomic E-state index is 10.3. The molecular weight excluding hydrogens is 256 g/mol. The van der Waals surface area contributed by atoms with Gasteiger partial charge in [-0.05, 0) is 24.9 Å². The summed E-state index contributed by atoms with van der Waals surface area (Å²) in [5, 5.41) is 16.9. The van der Waals surface area contributed by atoms with Crippen molar-refractivity contribution >= 4 is 11.8 Å². The summed E-state index contributed by atoms with van der Waals surface area (Å²) in [6.45, 7) is 3.41. The van der Waals surface area contributed by atoms with Gasteiger partial charge >= 0.3 is 0 Å². The van der Waals surface area contributed by atoms with Crippen LogP contribution < -0.4 is 10.6 Å². The molecule has 0 amide bonds. The smallest absolute Gasteiger partial charge is 0.0895 e. The predicted octanol–water partition coefficient (Wildman–Crippen LogP) is 1.62. The average molecular weight is 280 g/mol. The third-order valence-electron chi connectivity index (χ3n) is 3.44. The highest BCUT2D eigenvalue weighted by Gasteiger charge is 2.28. The second-order valence-electron chi connectivity index (χ2n) is 5.22. The molecule has 0 bridgehead atoms. The number of nitrogens with one attached hydrogen (secondary N) is 2. The molecule has 1 aromatic rings. The minimum Gasteiger partial charge on any atom is -0.387 e. The van der Waals surface area contributed by atoms with Crippen LogP contribution in [0.3, 0.4) is 0 Å². The zero-order chi connectivity index (χ0) is 13.4. The number of aliphatic hydroxyl groups is 1. The van der Waals surface area contributed by atoms with Gasteiger partial charge in [-0.3, -0.25) is 0 Å². The Morgan fingerprint density at radius 1 is 1.32 bits per heavy atom. The first-order valence-electron chi connectivity index (χ1n) is 7.04. The van der Waals surface area contributed by atoms with Gasteiger partial charge in [0, 0.05) is 31.1 Å². The van der Waals surface area contributed by atoms with Crippen molar-refractivity contribution < 1.29 is 5.11 Å². The number of β-amino-alcohol motifs (C(OH)–C–C–N with tert-alkyl or cyclic N) is 1. The van der Waals surface area contributed by atoms with Crippen molar-refractivity contribution in [2.24, 2.45) is 0 Å². The van der Waals surface area contributed by atoms with Gasteiger partial charge in [0.15, 0.2) is 0 Å². The molecule has 1 aromatic carbocycles. The van der Waals surface area contributed by atoms with Gasteiger partial charge in [0.1, 0.15) is 0 Å². The Balaban J connectivity index is 1.52. The van der Waals surface area contributed by atoms with Gasteiger partial charge in [0.05, 0.1) is 5.60 Å². The molecule has 3 nitrogen and oxygen atoms in total. The fourth-order valence-electron chi connectivity index (χ4n) is 2.33. The molecule has 0 saturated carbocycles. The van der Waals surface area contributed by atoms with Crippen molar-refractivity contribution in [3.63, 3.8) is 0 Å². The molecule has 3 N–H and O–H groups in total. The lowest BCUT2D eigenvalue weighted by atomic mass is 9.94. The summed E-state index contributed by atoms with van der Waals surface area (Å²) in [6.07, 6.45) is 1.98. The van der Waals surface area contributed by atoms with Gasteiger partial charge in [-0.25, -0.2) is 0 Å². The van der Waals surface area contributed by atoms with Gasteiger partial charge in [0.2, 0.25) is 0 Å². The van der Waals surface area contributed by atoms with Gasteiger partial charge in [-0.1, -0.05) is 30.3 Å². The summed E-state index contributed by atoms with van der Waals surface area (Å²) in [6, 6.07) is 10.5. The van der Waals surface area contributed by atoms with Gasteiger partial charge in [0.25, 0.3) is 0 Å². The maximum Gasteiger partial charge on any atom is 0.0895 e. The van der Waals surface area contributed by atoms with Crippen molar-refractivity contribution in [2.45, 2.75) is 24.2 Å². The van der Waals surface area contributed by atoms with Crippen LogP contribution in [0.2, 0.25) is 0 Å². The first-order valence-corrected chi connectivity index (χ1v) is 8.19. The Bertz CT molecular complexity index is 352. The molecule has 0 spiro atoms. The molecule has 1 heterocycles. The van der Waals surface area contributed by atoms with E-state index in [4.69, 9.17) is 0 Å². The van der Waals surface area contributed by atoms with E-state index >= 15 is 0 Å². The topological polar surface area (TPSA) is 44.3 Å². The molecule has 0 radical (unpaired) electrons. The van der Waals surface area contributed by atoms with Crippen LogP contribution in [0.25, 0.3) is 0 Å². The lowest BCUT2D eigenvalue weighted by Crippen LogP contribution is -2.52. The minimum absolute atomic E-state index is 0.539. The van der Waals surface area contributed by atoms with E-state index in [2.05, 4.69) is 41.0 Å². The van der Waals surface area contributed by atoms with Gasteiger partial charge in [-0.2, -0.15) is 11.8 Å². The van der Waals surface area contributed by atoms with Crippen molar-refractivity contribution in [1.29, 1.82) is 0 Å². The predicted molar refractivity (Wildman–Crippen MR) is 82.5 cm³/mol. The summed E-state index contributed by atoms with van der Waals surface area (Å²) in [7, 11) is 0. The van der Waals surface area contributed by atoms with Crippen LogP contribution in [0, 0.1) is 0 Å². The Morgan fingerprint density at radius 3 is 2.89 bits per heavy atom. The van der Waals surface area contributed by atoms with Crippen LogP contribution in [0.4, 0.5) is 0 Å². The third kappa shape index (κ3) is 5.53. The SMILES string of the molecule is O[C@@]1(CNCCSCc2ccccc2)CCCNC1. The lowest BCUT2D eigenvalue weighted by molar-refractivity contribution is 0.0177. The summed E-state index contributed by atoms with van der Waals surface area (Å²) in [4.78, 5) is 0. The largest absolute Gasteiger partial charge is 0.387 e. The van der Waals surface area contributed by atoms with Crippen LogP contribution in [0.15, 0.2) is 30.3 Å². The Kier molecular flexibility index (Phi) is 6.17. The number of thioether (sulfide) groups is 1. The zero-order valence-electron chi connectivity index (χ0n) is 11.4. The van der Waals surface area contributed by atoms with Gasteiger partial charge < -0.3 is 15.7 Å². The second kappa shape index (κ2) is 7.90. The highest BCUT2D eigenvalue weighted by atomic mass is 32.2. The molecule has 1 aliphatic heterocycles. The molecule has 1 aliphatic rings. The third-order valence-corrected chi connectivity index (χ3v) is 4.47. The van der Waals surface area contributed by atoms with E-state index in [1.165, 1.54) is 5.56 Å². The average Bonchev–Trinajstić information content (AvgIpc) is 2.44. The second-order valence-corrected chi connectivity index (χ2v) is 6.32. The molecule has 1 saturated heterocycles. The Morgan fingerprint density at radius 2 is 2.16 bits per heavy atom. The normalized spacial score (nSPS) is 23.4. The van der Waals surface area contributed by atoms with E-state index < -0.39 is 5.60 Å². The van der Waals surface area contributed by atoms with Gasteiger partial charge in [-0.15, -0.1) is 0 Å². The molecule has 4 heteroatoms. The standard InChI is InChI=1S/C15H24N2OS/c18-15(7-4-8-16-12-15)13-17-9-10-19-11-14-5-2-1-3-6-14/h1-3,5-6,16-18H,4,7-13H2/t15-/m0/s1. The fourth-order valence-corrected chi connectivity index (χ4v) is 3.19. The quantitative estimate of drug-likeness (QED) is 0.664. The summed E-state index contributed by atoms with van der Waals surface area (Å²) >= 11 is 1.93. The summed E-state index contributed by atoms with van der Waals surface area (Å²) in [5.41, 5.74) is 0.838. The molecule has 1 fully saturated rings. The Hall–Kier alpha value is -0.550. The number of piperidine rings is 1. The molecule has 2 rings (SSSR count). The van der Waals surface area contributed by atoms with Crippen molar-refractivity contribution in [1.82, 2.24) is 10.6 Å². The van der Waals surface area contributed by atoms with Crippen LogP contribution in [-0.4, -0.2) is 42.6 Å². The fraction of sp³-hybridized carbons (Fsp3) is 0.600. The molecule has 19 heavy (non-hydrogen) atoms. The molecule has 0 aromatic heterocycles. The molecular formula is C15H24N2OS. The highest BCUT2D eigenvalue weighted by Crippen LogP contribution is 2.15. The van der Waals surface area contributed by atoms with Crippen molar-refractivity contribution in [3.05, 3.63) is 35.9 Å². The molecule has 1 atom stereocenters. The lowest BCUT2D eigenvalue weighted by Gasteiger charge is -2.32. The van der Waals surface area contributed by atoms with E-state index in [0.717, 1.165) is 44.0 Å². The van der Waals surface area contributed by atoms with Crippen molar-refractivity contribution in [3.8, 4) is 0 Å². The number of hydrogen-bond donors (Lipinski definition) is 3. The number of benzene rings is 1. The van der Waals surface area contributed by atoms with E-state index in [0.29, 0.717) is 6.54 Å². The molecule has 0 aliphatic carbocycles. The monoisotopic (exact) mass is 280 g/mol. The molecule has 0 unspecified atom stereocenters. The van der Waals surface area contributed by atoms with E-state index in [-0.39, 0.29) is 0 Å².